The van der Waals surface area contributed by atoms with Crippen molar-refractivity contribution in [3.8, 4) is 0 Å². The Kier molecular flexibility index (Phi) is 3.96. The maximum Gasteiger partial charge on any atom is 0.0659 e. The van der Waals surface area contributed by atoms with Crippen LogP contribution in [0.2, 0.25) is 0 Å². The molecule has 1 heterocycles. The Bertz CT molecular complexity index is 732. The molecule has 0 aliphatic rings. The van der Waals surface area contributed by atoms with Crippen LogP contribution in [0.3, 0.4) is 0 Å². The van der Waals surface area contributed by atoms with Crippen LogP contribution in [0.1, 0.15) is 21.5 Å². The number of rotatable bonds is 2. The SMILES string of the molecule is Cc1ccc(C(Br)c2csc(I)c2)c2ccccc12. The van der Waals surface area contributed by atoms with Crippen molar-refractivity contribution in [2.45, 2.75) is 11.8 Å². The number of hydrogen-bond acceptors (Lipinski definition) is 1. The lowest BCUT2D eigenvalue weighted by molar-refractivity contribution is 1.21. The third-order valence-electron chi connectivity index (χ3n) is 3.33. The second kappa shape index (κ2) is 5.54. The average molecular weight is 443 g/mol. The largest absolute Gasteiger partial charge is 0.137 e. The number of hydrogen-bond donors (Lipinski definition) is 0. The summed E-state index contributed by atoms with van der Waals surface area (Å²) in [5.74, 6) is 0. The van der Waals surface area contributed by atoms with E-state index in [1.807, 2.05) is 0 Å². The van der Waals surface area contributed by atoms with Crippen LogP contribution < -0.4 is 0 Å². The Morgan fingerprint density at radius 1 is 1.11 bits per heavy atom. The summed E-state index contributed by atoms with van der Waals surface area (Å²) in [6, 6.07) is 15.3. The van der Waals surface area contributed by atoms with Crippen molar-refractivity contribution in [3.63, 3.8) is 0 Å². The standard InChI is InChI=1S/C16H12BrIS/c1-10-6-7-14(13-5-3-2-4-12(10)13)16(17)11-8-15(18)19-9-11/h2-9,16H,1H3. The molecule has 0 saturated heterocycles. The summed E-state index contributed by atoms with van der Waals surface area (Å²) in [5, 5.41) is 4.91. The van der Waals surface area contributed by atoms with E-state index in [0.717, 1.165) is 0 Å². The first kappa shape index (κ1) is 13.6. The molecule has 0 aliphatic heterocycles. The number of benzene rings is 2. The molecule has 1 aromatic heterocycles. The van der Waals surface area contributed by atoms with Gasteiger partial charge in [-0.05, 0) is 68.4 Å². The molecule has 0 nitrogen and oxygen atoms in total. The zero-order chi connectivity index (χ0) is 13.4. The van der Waals surface area contributed by atoms with Gasteiger partial charge in [0.1, 0.15) is 0 Å². The average Bonchev–Trinajstić information content (AvgIpc) is 2.86. The molecule has 2 aromatic carbocycles. The van der Waals surface area contributed by atoms with Crippen LogP contribution in [0.25, 0.3) is 10.8 Å². The second-order valence-electron chi connectivity index (χ2n) is 4.56. The lowest BCUT2D eigenvalue weighted by atomic mass is 9.97. The molecule has 0 spiro atoms. The summed E-state index contributed by atoms with van der Waals surface area (Å²) in [6.45, 7) is 2.17. The van der Waals surface area contributed by atoms with E-state index in [2.05, 4.69) is 93.3 Å². The number of halogens is 2. The summed E-state index contributed by atoms with van der Waals surface area (Å²) in [4.78, 5) is 0.262. The lowest BCUT2D eigenvalue weighted by Gasteiger charge is -2.13. The minimum atomic E-state index is 0.262. The third kappa shape index (κ3) is 2.60. The normalized spacial score (nSPS) is 12.8. The summed E-state index contributed by atoms with van der Waals surface area (Å²) in [6.07, 6.45) is 0. The van der Waals surface area contributed by atoms with Crippen molar-refractivity contribution in [2.24, 2.45) is 0 Å². The fourth-order valence-electron chi connectivity index (χ4n) is 2.33. The molecule has 3 rings (SSSR count). The van der Waals surface area contributed by atoms with Gasteiger partial charge < -0.3 is 0 Å². The predicted molar refractivity (Wildman–Crippen MR) is 96.5 cm³/mol. The number of thiophene rings is 1. The summed E-state index contributed by atoms with van der Waals surface area (Å²) in [7, 11) is 0. The van der Waals surface area contributed by atoms with Gasteiger partial charge in [-0.15, -0.1) is 11.3 Å². The van der Waals surface area contributed by atoms with Gasteiger partial charge in [-0.1, -0.05) is 52.3 Å². The topological polar surface area (TPSA) is 0 Å². The highest BCUT2D eigenvalue weighted by molar-refractivity contribution is 14.1. The zero-order valence-electron chi connectivity index (χ0n) is 10.4. The van der Waals surface area contributed by atoms with Crippen LogP contribution in [0.5, 0.6) is 0 Å². The van der Waals surface area contributed by atoms with E-state index in [-0.39, 0.29) is 4.83 Å². The highest BCUT2D eigenvalue weighted by Gasteiger charge is 2.15. The van der Waals surface area contributed by atoms with Crippen molar-refractivity contribution in [2.75, 3.05) is 0 Å². The third-order valence-corrected chi connectivity index (χ3v) is 6.16. The fraction of sp³-hybridized carbons (Fsp3) is 0.125. The molecule has 0 fully saturated rings. The maximum atomic E-state index is 3.86. The van der Waals surface area contributed by atoms with Crippen molar-refractivity contribution in [1.29, 1.82) is 0 Å². The van der Waals surface area contributed by atoms with Gasteiger partial charge in [0, 0.05) is 0 Å². The van der Waals surface area contributed by atoms with Gasteiger partial charge in [0.25, 0.3) is 0 Å². The molecule has 3 aromatic rings. The van der Waals surface area contributed by atoms with Gasteiger partial charge >= 0.3 is 0 Å². The zero-order valence-corrected chi connectivity index (χ0v) is 14.9. The number of fused-ring (bicyclic) bond motifs is 1. The van der Waals surface area contributed by atoms with E-state index < -0.39 is 0 Å². The Morgan fingerprint density at radius 3 is 2.53 bits per heavy atom. The highest BCUT2D eigenvalue weighted by atomic mass is 127. The van der Waals surface area contributed by atoms with E-state index in [9.17, 15) is 0 Å². The smallest absolute Gasteiger partial charge is 0.0659 e. The van der Waals surface area contributed by atoms with Crippen LogP contribution in [0.15, 0.2) is 47.8 Å². The molecule has 19 heavy (non-hydrogen) atoms. The highest BCUT2D eigenvalue weighted by Crippen LogP contribution is 2.38. The van der Waals surface area contributed by atoms with Crippen molar-refractivity contribution < 1.29 is 0 Å². The van der Waals surface area contributed by atoms with E-state index in [1.165, 1.54) is 30.3 Å². The maximum absolute atomic E-state index is 3.86. The number of aryl methyl sites for hydroxylation is 1. The first-order valence-electron chi connectivity index (χ1n) is 6.03. The van der Waals surface area contributed by atoms with Crippen molar-refractivity contribution in [3.05, 3.63) is 67.4 Å². The van der Waals surface area contributed by atoms with Gasteiger partial charge in [-0.25, -0.2) is 0 Å². The van der Waals surface area contributed by atoms with Crippen molar-refractivity contribution in [1.82, 2.24) is 0 Å². The first-order valence-corrected chi connectivity index (χ1v) is 8.90. The Hall–Kier alpha value is -0.390. The molecule has 1 atom stereocenters. The summed E-state index contributed by atoms with van der Waals surface area (Å²) in [5.41, 5.74) is 4.01. The van der Waals surface area contributed by atoms with Gasteiger partial charge in [0.05, 0.1) is 7.71 Å². The molecule has 0 saturated carbocycles. The van der Waals surface area contributed by atoms with Crippen LogP contribution in [-0.4, -0.2) is 0 Å². The fourth-order valence-corrected chi connectivity index (χ4v) is 4.57. The molecule has 96 valence electrons. The Labute approximate surface area is 139 Å². The van der Waals surface area contributed by atoms with E-state index in [1.54, 1.807) is 11.3 Å². The molecule has 1 unspecified atom stereocenters. The molecule has 0 N–H and O–H groups in total. The summed E-state index contributed by atoms with van der Waals surface area (Å²) >= 11 is 8.02. The predicted octanol–water partition coefficient (Wildman–Crippen LogP) is 6.30. The van der Waals surface area contributed by atoms with E-state index in [4.69, 9.17) is 0 Å². The van der Waals surface area contributed by atoms with E-state index in [0.29, 0.717) is 0 Å². The minimum absolute atomic E-state index is 0.262. The van der Waals surface area contributed by atoms with Gasteiger partial charge in [0.2, 0.25) is 0 Å². The first-order chi connectivity index (χ1) is 9.16. The molecule has 0 bridgehead atoms. The quantitative estimate of drug-likeness (QED) is 0.322. The van der Waals surface area contributed by atoms with Gasteiger partial charge in [0.15, 0.2) is 0 Å². The van der Waals surface area contributed by atoms with Gasteiger partial charge in [-0.2, -0.15) is 0 Å². The monoisotopic (exact) mass is 442 g/mol. The molecule has 0 radical (unpaired) electrons. The van der Waals surface area contributed by atoms with Crippen LogP contribution in [0, 0.1) is 9.81 Å². The number of alkyl halides is 1. The van der Waals surface area contributed by atoms with Crippen LogP contribution >= 0.6 is 49.9 Å². The van der Waals surface area contributed by atoms with Crippen LogP contribution in [0.4, 0.5) is 0 Å². The summed E-state index contributed by atoms with van der Waals surface area (Å²) < 4.78 is 1.33. The lowest BCUT2D eigenvalue weighted by Crippen LogP contribution is -1.93. The molecule has 0 aliphatic carbocycles. The second-order valence-corrected chi connectivity index (χ2v) is 8.29. The molecule has 3 heteroatoms. The van der Waals surface area contributed by atoms with Crippen LogP contribution in [-0.2, 0) is 0 Å². The molecular weight excluding hydrogens is 431 g/mol. The Balaban J connectivity index is 2.18. The molecular formula is C16H12BrIS. The minimum Gasteiger partial charge on any atom is -0.137 e. The molecule has 0 amide bonds. The van der Waals surface area contributed by atoms with E-state index >= 15 is 0 Å². The Morgan fingerprint density at radius 2 is 1.84 bits per heavy atom. The van der Waals surface area contributed by atoms with Gasteiger partial charge in [-0.3, -0.25) is 0 Å². The van der Waals surface area contributed by atoms with Crippen molar-refractivity contribution >= 4 is 60.6 Å².